The van der Waals surface area contributed by atoms with Gasteiger partial charge in [-0.15, -0.1) is 0 Å². The molecule has 92 valence electrons. The summed E-state index contributed by atoms with van der Waals surface area (Å²) in [6.45, 7) is 4.82. The molecule has 0 aromatic rings. The van der Waals surface area contributed by atoms with Crippen molar-refractivity contribution in [2.45, 2.75) is 39.2 Å². The Morgan fingerprint density at radius 3 is 2.76 bits per heavy atom. The quantitative estimate of drug-likeness (QED) is 0.721. The molecule has 0 amide bonds. The summed E-state index contributed by atoms with van der Waals surface area (Å²) in [7, 11) is 4.33. The summed E-state index contributed by atoms with van der Waals surface area (Å²) >= 11 is 0. The van der Waals surface area contributed by atoms with Gasteiger partial charge in [0.15, 0.2) is 5.71 Å². The van der Waals surface area contributed by atoms with E-state index in [1.54, 1.807) is 11.3 Å². The van der Waals surface area contributed by atoms with Crippen molar-refractivity contribution in [1.82, 2.24) is 5.32 Å². The van der Waals surface area contributed by atoms with E-state index in [2.05, 4.69) is 50.0 Å². The third kappa shape index (κ3) is 1.46. The molecule has 3 aliphatic rings. The van der Waals surface area contributed by atoms with Crippen LogP contribution in [0, 0.1) is 11.3 Å². The first-order valence-electron chi connectivity index (χ1n) is 6.76. The minimum absolute atomic E-state index is 0.269. The zero-order valence-electron chi connectivity index (χ0n) is 11.4. The molecule has 2 atom stereocenters. The molecule has 2 unspecified atom stereocenters. The normalized spacial score (nSPS) is 34.4. The van der Waals surface area contributed by atoms with Crippen molar-refractivity contribution in [3.05, 3.63) is 23.4 Å². The van der Waals surface area contributed by atoms with Gasteiger partial charge in [0, 0.05) is 17.7 Å². The molecule has 0 radical (unpaired) electrons. The van der Waals surface area contributed by atoms with E-state index in [0.717, 1.165) is 5.92 Å². The van der Waals surface area contributed by atoms with E-state index in [1.807, 2.05) is 0 Å². The molecule has 2 aliphatic carbocycles. The third-order valence-electron chi connectivity index (χ3n) is 4.78. The molecule has 1 heterocycles. The number of hydrogen-bond donors (Lipinski definition) is 1. The molecule has 1 saturated carbocycles. The molecule has 0 aromatic carbocycles. The van der Waals surface area contributed by atoms with Crippen LogP contribution in [0.15, 0.2) is 23.4 Å². The first kappa shape index (κ1) is 11.2. The lowest BCUT2D eigenvalue weighted by molar-refractivity contribution is -0.438. The second-order valence-corrected chi connectivity index (χ2v) is 6.11. The average Bonchev–Trinajstić information content (AvgIpc) is 3.04. The number of likely N-dealkylation sites (N-methyl/N-ethyl adjacent to an activating group) is 1. The Morgan fingerprint density at radius 2 is 2.18 bits per heavy atom. The highest BCUT2D eigenvalue weighted by atomic mass is 15.1. The van der Waals surface area contributed by atoms with Gasteiger partial charge in [0.1, 0.15) is 7.05 Å². The SMILES string of the molecule is CNC1CC1C1=[N+](C)C2=C(CCC=C2)C1(C)C. The maximum atomic E-state index is 3.42. The van der Waals surface area contributed by atoms with Crippen molar-refractivity contribution >= 4 is 5.71 Å². The van der Waals surface area contributed by atoms with Crippen LogP contribution in [0.25, 0.3) is 0 Å². The summed E-state index contributed by atoms with van der Waals surface area (Å²) < 4.78 is 2.47. The van der Waals surface area contributed by atoms with Crippen LogP contribution < -0.4 is 5.32 Å². The lowest BCUT2D eigenvalue weighted by atomic mass is 9.76. The van der Waals surface area contributed by atoms with Crippen molar-refractivity contribution < 1.29 is 4.58 Å². The predicted octanol–water partition coefficient (Wildman–Crippen LogP) is 2.32. The maximum absolute atomic E-state index is 3.42. The van der Waals surface area contributed by atoms with Crippen LogP contribution in [0.5, 0.6) is 0 Å². The van der Waals surface area contributed by atoms with Gasteiger partial charge in [-0.1, -0.05) is 6.08 Å². The fourth-order valence-electron chi connectivity index (χ4n) is 3.83. The number of allylic oxidation sites excluding steroid dienone is 3. The second-order valence-electron chi connectivity index (χ2n) is 6.11. The molecular formula is C15H23N2+. The van der Waals surface area contributed by atoms with Gasteiger partial charge in [0.05, 0.1) is 11.3 Å². The highest BCUT2D eigenvalue weighted by Gasteiger charge is 2.55. The summed E-state index contributed by atoms with van der Waals surface area (Å²) in [6.07, 6.45) is 8.40. The third-order valence-corrected chi connectivity index (χ3v) is 4.78. The van der Waals surface area contributed by atoms with Crippen molar-refractivity contribution in [2.75, 3.05) is 14.1 Å². The smallest absolute Gasteiger partial charge is 0.204 e. The summed E-state index contributed by atoms with van der Waals surface area (Å²) in [4.78, 5) is 0. The lowest BCUT2D eigenvalue weighted by Crippen LogP contribution is -2.31. The van der Waals surface area contributed by atoms with Crippen molar-refractivity contribution in [3.8, 4) is 0 Å². The first-order chi connectivity index (χ1) is 8.07. The fraction of sp³-hybridized carbons (Fsp3) is 0.667. The van der Waals surface area contributed by atoms with Gasteiger partial charge < -0.3 is 5.32 Å². The van der Waals surface area contributed by atoms with Crippen molar-refractivity contribution in [1.29, 1.82) is 0 Å². The molecule has 1 aliphatic heterocycles. The Bertz CT molecular complexity index is 452. The van der Waals surface area contributed by atoms with Crippen molar-refractivity contribution in [2.24, 2.45) is 11.3 Å². The van der Waals surface area contributed by atoms with Gasteiger partial charge in [-0.2, -0.15) is 0 Å². The minimum Gasteiger partial charge on any atom is -0.316 e. The molecular weight excluding hydrogens is 208 g/mol. The van der Waals surface area contributed by atoms with E-state index in [4.69, 9.17) is 0 Å². The molecule has 0 aromatic heterocycles. The predicted molar refractivity (Wildman–Crippen MR) is 71.3 cm³/mol. The molecule has 17 heavy (non-hydrogen) atoms. The Morgan fingerprint density at radius 1 is 1.41 bits per heavy atom. The Labute approximate surface area is 104 Å². The maximum Gasteiger partial charge on any atom is 0.204 e. The Balaban J connectivity index is 2.01. The van der Waals surface area contributed by atoms with E-state index in [0.29, 0.717) is 6.04 Å². The van der Waals surface area contributed by atoms with Gasteiger partial charge in [0.2, 0.25) is 5.70 Å². The standard InChI is InChI=1S/C15H23N2/c1-15(2)11-7-5-6-8-13(11)17(4)14(15)10-9-12(10)16-3/h6,8,10,12,16H,5,7,9H2,1-4H3/q+1. The monoisotopic (exact) mass is 231 g/mol. The van der Waals surface area contributed by atoms with E-state index in [9.17, 15) is 0 Å². The van der Waals surface area contributed by atoms with Crippen LogP contribution in [0.3, 0.4) is 0 Å². The highest BCUT2D eigenvalue weighted by Crippen LogP contribution is 2.48. The summed E-state index contributed by atoms with van der Waals surface area (Å²) in [6, 6.07) is 0.706. The largest absolute Gasteiger partial charge is 0.316 e. The minimum atomic E-state index is 0.269. The number of nitrogens with one attached hydrogen (secondary N) is 1. The van der Waals surface area contributed by atoms with Crippen molar-refractivity contribution in [3.63, 3.8) is 0 Å². The van der Waals surface area contributed by atoms with Gasteiger partial charge >= 0.3 is 0 Å². The molecule has 0 bridgehead atoms. The molecule has 2 heteroatoms. The van der Waals surface area contributed by atoms with E-state index in [1.165, 1.54) is 25.0 Å². The lowest BCUT2D eigenvalue weighted by Gasteiger charge is -2.21. The van der Waals surface area contributed by atoms with Gasteiger partial charge in [-0.3, -0.25) is 0 Å². The fourth-order valence-corrected chi connectivity index (χ4v) is 3.83. The number of rotatable bonds is 2. The average molecular weight is 231 g/mol. The van der Waals surface area contributed by atoms with Gasteiger partial charge in [0.25, 0.3) is 0 Å². The van der Waals surface area contributed by atoms with E-state index in [-0.39, 0.29) is 5.41 Å². The van der Waals surface area contributed by atoms with Crippen LogP contribution in [-0.4, -0.2) is 30.4 Å². The molecule has 1 N–H and O–H groups in total. The first-order valence-corrected chi connectivity index (χ1v) is 6.76. The van der Waals surface area contributed by atoms with Crippen LogP contribution in [0.1, 0.15) is 33.1 Å². The molecule has 1 fully saturated rings. The second kappa shape index (κ2) is 3.55. The summed E-state index contributed by atoms with van der Waals surface area (Å²) in [5, 5.41) is 3.42. The summed E-state index contributed by atoms with van der Waals surface area (Å²) in [5.41, 5.74) is 5.02. The summed E-state index contributed by atoms with van der Waals surface area (Å²) in [5.74, 6) is 0.749. The number of hydrogen-bond acceptors (Lipinski definition) is 1. The molecule has 0 saturated heterocycles. The van der Waals surface area contributed by atoms with Crippen LogP contribution in [-0.2, 0) is 0 Å². The van der Waals surface area contributed by atoms with E-state index < -0.39 is 0 Å². The van der Waals surface area contributed by atoms with E-state index >= 15 is 0 Å². The highest BCUT2D eigenvalue weighted by molar-refractivity contribution is 5.95. The van der Waals surface area contributed by atoms with Crippen LogP contribution >= 0.6 is 0 Å². The van der Waals surface area contributed by atoms with Gasteiger partial charge in [-0.05, 0) is 40.2 Å². The van der Waals surface area contributed by atoms with Crippen LogP contribution in [0.4, 0.5) is 0 Å². The van der Waals surface area contributed by atoms with Crippen LogP contribution in [0.2, 0.25) is 0 Å². The topological polar surface area (TPSA) is 15.0 Å². The zero-order chi connectivity index (χ0) is 12.2. The molecule has 0 spiro atoms. The Kier molecular flexibility index (Phi) is 2.34. The van der Waals surface area contributed by atoms with Gasteiger partial charge in [-0.25, -0.2) is 4.58 Å². The number of nitrogens with zero attached hydrogens (tertiary/aromatic N) is 1. The zero-order valence-corrected chi connectivity index (χ0v) is 11.4. The Hall–Kier alpha value is -0.890. The molecule has 3 rings (SSSR count). The molecule has 2 nitrogen and oxygen atoms in total.